The predicted octanol–water partition coefficient (Wildman–Crippen LogP) is 3.79. The van der Waals surface area contributed by atoms with Crippen LogP contribution in [0.4, 0.5) is 0 Å². The fraction of sp³-hybridized carbons (Fsp3) is 0.500. The van der Waals surface area contributed by atoms with Gasteiger partial charge in [0.2, 0.25) is 5.91 Å². The molecule has 0 saturated carbocycles. The second-order valence-electron chi connectivity index (χ2n) is 8.02. The van der Waals surface area contributed by atoms with E-state index in [-0.39, 0.29) is 23.6 Å². The van der Waals surface area contributed by atoms with Crippen LogP contribution in [-0.2, 0) is 4.79 Å². The Kier molecular flexibility index (Phi) is 5.87. The van der Waals surface area contributed by atoms with Gasteiger partial charge in [-0.25, -0.2) is 0 Å². The monoisotopic (exact) mass is 383 g/mol. The first-order valence-electron chi connectivity index (χ1n) is 9.94. The van der Waals surface area contributed by atoms with Crippen LogP contribution in [0.25, 0.3) is 11.3 Å². The lowest BCUT2D eigenvalue weighted by molar-refractivity contribution is -0.127. The van der Waals surface area contributed by atoms with Crippen molar-refractivity contribution in [3.05, 3.63) is 40.6 Å². The number of benzene rings is 1. The minimum absolute atomic E-state index is 0.0394. The van der Waals surface area contributed by atoms with Gasteiger partial charge < -0.3 is 14.7 Å². The van der Waals surface area contributed by atoms with E-state index in [1.807, 2.05) is 27.7 Å². The maximum Gasteiger partial charge on any atom is 0.276 e. The number of aromatic nitrogens is 1. The summed E-state index contributed by atoms with van der Waals surface area (Å²) >= 11 is 0. The van der Waals surface area contributed by atoms with E-state index >= 15 is 0 Å². The van der Waals surface area contributed by atoms with Gasteiger partial charge in [0.05, 0.1) is 0 Å². The number of piperidine rings is 1. The Hall–Kier alpha value is -2.63. The van der Waals surface area contributed by atoms with Crippen LogP contribution in [0.2, 0.25) is 0 Å². The van der Waals surface area contributed by atoms with E-state index in [2.05, 4.69) is 29.5 Å². The molecule has 2 aromatic rings. The molecule has 3 rings (SSSR count). The summed E-state index contributed by atoms with van der Waals surface area (Å²) in [6.07, 6.45) is 2.50. The molecule has 28 heavy (non-hydrogen) atoms. The summed E-state index contributed by atoms with van der Waals surface area (Å²) in [7, 11) is 0. The van der Waals surface area contributed by atoms with Gasteiger partial charge in [-0.2, -0.15) is 0 Å². The van der Waals surface area contributed by atoms with Crippen LogP contribution < -0.4 is 5.32 Å². The zero-order valence-corrected chi connectivity index (χ0v) is 17.3. The SMILES string of the molecule is Cc1cc(C)c(-c2cc(C(=O)N3CCCC[C@@H]3C(=O)NC(C)C)no2)c(C)c1. The lowest BCUT2D eigenvalue weighted by Crippen LogP contribution is -2.53. The van der Waals surface area contributed by atoms with Gasteiger partial charge in [-0.15, -0.1) is 0 Å². The van der Waals surface area contributed by atoms with Crippen molar-refractivity contribution in [2.45, 2.75) is 66.0 Å². The summed E-state index contributed by atoms with van der Waals surface area (Å²) in [5, 5.41) is 6.95. The van der Waals surface area contributed by atoms with E-state index in [1.54, 1.807) is 11.0 Å². The van der Waals surface area contributed by atoms with E-state index in [0.717, 1.165) is 29.5 Å². The molecule has 1 atom stereocenters. The zero-order chi connectivity index (χ0) is 20.4. The van der Waals surface area contributed by atoms with Gasteiger partial charge >= 0.3 is 0 Å². The van der Waals surface area contributed by atoms with Crippen molar-refractivity contribution in [3.8, 4) is 11.3 Å². The number of hydrogen-bond acceptors (Lipinski definition) is 4. The number of likely N-dealkylation sites (tertiary alicyclic amines) is 1. The standard InChI is InChI=1S/C22H29N3O3/c1-13(2)23-21(26)18-8-6-7-9-25(18)22(27)17-12-19(28-24-17)20-15(4)10-14(3)11-16(20)5/h10-13,18H,6-9H2,1-5H3,(H,23,26)/t18-/m1/s1. The molecule has 0 radical (unpaired) electrons. The van der Waals surface area contributed by atoms with E-state index in [1.165, 1.54) is 5.56 Å². The Bertz CT molecular complexity index is 862. The third-order valence-corrected chi connectivity index (χ3v) is 5.15. The highest BCUT2D eigenvalue weighted by molar-refractivity contribution is 5.97. The summed E-state index contributed by atoms with van der Waals surface area (Å²) in [6, 6.07) is 5.45. The van der Waals surface area contributed by atoms with Crippen molar-refractivity contribution in [2.24, 2.45) is 0 Å². The number of hydrogen-bond donors (Lipinski definition) is 1. The normalized spacial score (nSPS) is 17.1. The van der Waals surface area contributed by atoms with Gasteiger partial charge in [-0.05, 0) is 65.0 Å². The highest BCUT2D eigenvalue weighted by atomic mass is 16.5. The topological polar surface area (TPSA) is 75.4 Å². The van der Waals surface area contributed by atoms with E-state index in [9.17, 15) is 9.59 Å². The molecule has 0 unspecified atom stereocenters. The molecule has 2 heterocycles. The van der Waals surface area contributed by atoms with Crippen LogP contribution in [0.3, 0.4) is 0 Å². The minimum Gasteiger partial charge on any atom is -0.355 e. The van der Waals surface area contributed by atoms with Crippen molar-refractivity contribution in [1.29, 1.82) is 0 Å². The molecular weight excluding hydrogens is 354 g/mol. The zero-order valence-electron chi connectivity index (χ0n) is 17.3. The maximum atomic E-state index is 13.1. The molecule has 1 aromatic carbocycles. The second kappa shape index (κ2) is 8.17. The maximum absolute atomic E-state index is 13.1. The fourth-order valence-corrected chi connectivity index (χ4v) is 4.04. The van der Waals surface area contributed by atoms with Crippen LogP contribution in [0, 0.1) is 20.8 Å². The minimum atomic E-state index is -0.452. The quantitative estimate of drug-likeness (QED) is 0.872. The van der Waals surface area contributed by atoms with Gasteiger partial charge in [-0.3, -0.25) is 9.59 Å². The van der Waals surface area contributed by atoms with Gasteiger partial charge in [0.15, 0.2) is 11.5 Å². The third kappa shape index (κ3) is 4.11. The van der Waals surface area contributed by atoms with Crippen molar-refractivity contribution >= 4 is 11.8 Å². The second-order valence-corrected chi connectivity index (χ2v) is 8.02. The molecule has 1 fully saturated rings. The highest BCUT2D eigenvalue weighted by Crippen LogP contribution is 2.30. The number of amides is 2. The van der Waals surface area contributed by atoms with Gasteiger partial charge in [0.1, 0.15) is 6.04 Å². The Morgan fingerprint density at radius 2 is 1.82 bits per heavy atom. The summed E-state index contributed by atoms with van der Waals surface area (Å²) in [4.78, 5) is 27.3. The van der Waals surface area contributed by atoms with Crippen LogP contribution in [-0.4, -0.2) is 40.5 Å². The average Bonchev–Trinajstić information content (AvgIpc) is 3.09. The Labute approximate surface area is 166 Å². The number of nitrogens with one attached hydrogen (secondary N) is 1. The van der Waals surface area contributed by atoms with E-state index in [0.29, 0.717) is 18.7 Å². The van der Waals surface area contributed by atoms with Gasteiger partial charge in [0.25, 0.3) is 5.91 Å². The largest absolute Gasteiger partial charge is 0.355 e. The van der Waals surface area contributed by atoms with E-state index < -0.39 is 6.04 Å². The molecule has 1 aromatic heterocycles. The molecule has 0 bridgehead atoms. The first kappa shape index (κ1) is 20.1. The number of nitrogens with zero attached hydrogens (tertiary/aromatic N) is 2. The summed E-state index contributed by atoms with van der Waals surface area (Å²) in [6.45, 7) is 10.5. The first-order valence-corrected chi connectivity index (χ1v) is 9.94. The van der Waals surface area contributed by atoms with Crippen molar-refractivity contribution in [3.63, 3.8) is 0 Å². The van der Waals surface area contributed by atoms with Crippen LogP contribution >= 0.6 is 0 Å². The molecule has 0 spiro atoms. The average molecular weight is 383 g/mol. The molecule has 6 nitrogen and oxygen atoms in total. The van der Waals surface area contributed by atoms with Crippen LogP contribution in [0.5, 0.6) is 0 Å². The molecular formula is C22H29N3O3. The molecule has 0 aliphatic carbocycles. The molecule has 6 heteroatoms. The van der Waals surface area contributed by atoms with Crippen molar-refractivity contribution < 1.29 is 14.1 Å². The molecule has 1 aliphatic rings. The fourth-order valence-electron chi connectivity index (χ4n) is 4.04. The Balaban J connectivity index is 1.86. The molecule has 2 amide bonds. The lowest BCUT2D eigenvalue weighted by Gasteiger charge is -2.34. The van der Waals surface area contributed by atoms with Crippen LogP contribution in [0.1, 0.15) is 60.3 Å². The Morgan fingerprint density at radius 3 is 2.46 bits per heavy atom. The first-order chi connectivity index (χ1) is 13.3. The molecule has 150 valence electrons. The number of carbonyl (C=O) groups excluding carboxylic acids is 2. The van der Waals surface area contributed by atoms with Crippen LogP contribution in [0.15, 0.2) is 22.7 Å². The molecule has 1 N–H and O–H groups in total. The number of carbonyl (C=O) groups is 2. The number of aryl methyl sites for hydroxylation is 3. The lowest BCUT2D eigenvalue weighted by atomic mass is 9.97. The Morgan fingerprint density at radius 1 is 1.14 bits per heavy atom. The predicted molar refractivity (Wildman–Crippen MR) is 108 cm³/mol. The third-order valence-electron chi connectivity index (χ3n) is 5.15. The summed E-state index contributed by atoms with van der Waals surface area (Å²) in [5.74, 6) is 0.233. The van der Waals surface area contributed by atoms with Gasteiger partial charge in [-0.1, -0.05) is 22.9 Å². The summed E-state index contributed by atoms with van der Waals surface area (Å²) in [5.41, 5.74) is 4.56. The number of rotatable bonds is 4. The molecule has 1 saturated heterocycles. The summed E-state index contributed by atoms with van der Waals surface area (Å²) < 4.78 is 5.53. The smallest absolute Gasteiger partial charge is 0.276 e. The van der Waals surface area contributed by atoms with Crippen molar-refractivity contribution in [1.82, 2.24) is 15.4 Å². The van der Waals surface area contributed by atoms with Gasteiger partial charge in [0, 0.05) is 24.2 Å². The highest BCUT2D eigenvalue weighted by Gasteiger charge is 2.34. The molecule has 1 aliphatic heterocycles. The van der Waals surface area contributed by atoms with Crippen molar-refractivity contribution in [2.75, 3.05) is 6.54 Å². The van der Waals surface area contributed by atoms with E-state index in [4.69, 9.17) is 4.52 Å².